The SMILES string of the molecule is O=C(CCSCCSCCC(=O)Nc1ccc(Nc2ccccc2)cc1)Nc1ccc(Nc2ccccc2)cc1. The lowest BCUT2D eigenvalue weighted by atomic mass is 10.2. The van der Waals surface area contributed by atoms with E-state index in [1.807, 2.05) is 109 Å². The van der Waals surface area contributed by atoms with Gasteiger partial charge in [0.15, 0.2) is 0 Å². The van der Waals surface area contributed by atoms with Gasteiger partial charge in [0.1, 0.15) is 0 Å². The van der Waals surface area contributed by atoms with E-state index in [1.54, 1.807) is 23.5 Å². The first-order chi connectivity index (χ1) is 19.6. The molecule has 0 fully saturated rings. The molecule has 2 amide bonds. The zero-order valence-corrected chi connectivity index (χ0v) is 23.9. The van der Waals surface area contributed by atoms with Crippen LogP contribution in [0.3, 0.4) is 0 Å². The van der Waals surface area contributed by atoms with Crippen LogP contribution in [0.2, 0.25) is 0 Å². The molecule has 0 aliphatic carbocycles. The average molecular weight is 571 g/mol. The van der Waals surface area contributed by atoms with E-state index in [9.17, 15) is 9.59 Å². The molecule has 4 N–H and O–H groups in total. The molecule has 0 bridgehead atoms. The Balaban J connectivity index is 1.01. The number of rotatable bonds is 15. The fourth-order valence-electron chi connectivity index (χ4n) is 3.75. The molecule has 0 aliphatic heterocycles. The number of anilines is 6. The van der Waals surface area contributed by atoms with Crippen LogP contribution in [0.1, 0.15) is 12.8 Å². The highest BCUT2D eigenvalue weighted by Crippen LogP contribution is 2.20. The second kappa shape index (κ2) is 16.3. The monoisotopic (exact) mass is 570 g/mol. The first-order valence-corrected chi connectivity index (χ1v) is 15.5. The second-order valence-electron chi connectivity index (χ2n) is 8.96. The van der Waals surface area contributed by atoms with Crippen LogP contribution < -0.4 is 21.3 Å². The largest absolute Gasteiger partial charge is 0.356 e. The summed E-state index contributed by atoms with van der Waals surface area (Å²) in [5.41, 5.74) is 5.58. The van der Waals surface area contributed by atoms with Gasteiger partial charge in [-0.15, -0.1) is 0 Å². The molecule has 0 saturated carbocycles. The maximum Gasteiger partial charge on any atom is 0.225 e. The van der Waals surface area contributed by atoms with Crippen LogP contribution in [0.25, 0.3) is 0 Å². The quantitative estimate of drug-likeness (QED) is 0.108. The Bertz CT molecular complexity index is 1210. The van der Waals surface area contributed by atoms with Crippen LogP contribution in [0.5, 0.6) is 0 Å². The van der Waals surface area contributed by atoms with E-state index >= 15 is 0 Å². The summed E-state index contributed by atoms with van der Waals surface area (Å²) in [5, 5.41) is 12.6. The van der Waals surface area contributed by atoms with Crippen molar-refractivity contribution in [3.05, 3.63) is 109 Å². The Kier molecular flexibility index (Phi) is 11.8. The average Bonchev–Trinajstić information content (AvgIpc) is 2.97. The number of nitrogens with one attached hydrogen (secondary N) is 4. The zero-order valence-electron chi connectivity index (χ0n) is 22.3. The van der Waals surface area contributed by atoms with Gasteiger partial charge in [-0.25, -0.2) is 0 Å². The van der Waals surface area contributed by atoms with Gasteiger partial charge in [0.05, 0.1) is 0 Å². The molecular weight excluding hydrogens is 537 g/mol. The molecular formula is C32H34N4O2S2. The van der Waals surface area contributed by atoms with Gasteiger partial charge in [-0.05, 0) is 72.8 Å². The van der Waals surface area contributed by atoms with Crippen molar-refractivity contribution in [3.63, 3.8) is 0 Å². The number of para-hydroxylation sites is 2. The first kappa shape index (κ1) is 29.1. The van der Waals surface area contributed by atoms with Gasteiger partial charge in [0.25, 0.3) is 0 Å². The van der Waals surface area contributed by atoms with Crippen molar-refractivity contribution in [1.29, 1.82) is 0 Å². The highest BCUT2D eigenvalue weighted by molar-refractivity contribution is 8.02. The molecule has 6 nitrogen and oxygen atoms in total. The molecule has 206 valence electrons. The number of hydrogen-bond donors (Lipinski definition) is 4. The Morgan fingerprint density at radius 3 is 1.12 bits per heavy atom. The van der Waals surface area contributed by atoms with E-state index in [0.29, 0.717) is 12.8 Å². The third kappa shape index (κ3) is 10.7. The van der Waals surface area contributed by atoms with Crippen molar-refractivity contribution in [1.82, 2.24) is 0 Å². The minimum absolute atomic E-state index is 0.0180. The first-order valence-electron chi connectivity index (χ1n) is 13.2. The van der Waals surface area contributed by atoms with E-state index in [1.165, 1.54) is 0 Å². The highest BCUT2D eigenvalue weighted by atomic mass is 32.2. The van der Waals surface area contributed by atoms with Crippen molar-refractivity contribution in [2.24, 2.45) is 0 Å². The summed E-state index contributed by atoms with van der Waals surface area (Å²) in [6, 6.07) is 35.4. The van der Waals surface area contributed by atoms with Crippen molar-refractivity contribution < 1.29 is 9.59 Å². The molecule has 0 radical (unpaired) electrons. The summed E-state index contributed by atoms with van der Waals surface area (Å²) in [5.74, 6) is 3.49. The smallest absolute Gasteiger partial charge is 0.225 e. The Morgan fingerprint density at radius 2 is 0.750 bits per heavy atom. The van der Waals surface area contributed by atoms with Gasteiger partial charge in [0, 0.05) is 70.0 Å². The maximum atomic E-state index is 12.3. The minimum atomic E-state index is 0.0180. The predicted octanol–water partition coefficient (Wildman–Crippen LogP) is 8.00. The van der Waals surface area contributed by atoms with Gasteiger partial charge in [-0.1, -0.05) is 36.4 Å². The molecule has 0 unspecified atom stereocenters. The topological polar surface area (TPSA) is 82.3 Å². The van der Waals surface area contributed by atoms with Gasteiger partial charge in [-0.3, -0.25) is 9.59 Å². The fraction of sp³-hybridized carbons (Fsp3) is 0.188. The van der Waals surface area contributed by atoms with Gasteiger partial charge >= 0.3 is 0 Å². The normalized spacial score (nSPS) is 10.5. The summed E-state index contributed by atoms with van der Waals surface area (Å²) >= 11 is 3.52. The Labute approximate surface area is 244 Å². The van der Waals surface area contributed by atoms with Crippen LogP contribution >= 0.6 is 23.5 Å². The lowest BCUT2D eigenvalue weighted by Crippen LogP contribution is -2.12. The molecule has 4 aromatic carbocycles. The summed E-state index contributed by atoms with van der Waals surface area (Å²) in [4.78, 5) is 24.5. The second-order valence-corrected chi connectivity index (χ2v) is 11.4. The lowest BCUT2D eigenvalue weighted by Gasteiger charge is -2.09. The number of carbonyl (C=O) groups excluding carboxylic acids is 2. The molecule has 0 spiro atoms. The van der Waals surface area contributed by atoms with E-state index in [0.717, 1.165) is 57.1 Å². The van der Waals surface area contributed by atoms with E-state index in [2.05, 4.69) is 21.3 Å². The van der Waals surface area contributed by atoms with Crippen LogP contribution in [0, 0.1) is 0 Å². The highest BCUT2D eigenvalue weighted by Gasteiger charge is 2.05. The van der Waals surface area contributed by atoms with Gasteiger partial charge in [0.2, 0.25) is 11.8 Å². The van der Waals surface area contributed by atoms with Crippen LogP contribution in [0.15, 0.2) is 109 Å². The van der Waals surface area contributed by atoms with Crippen LogP contribution in [0.4, 0.5) is 34.1 Å². The number of carbonyl (C=O) groups is 2. The van der Waals surface area contributed by atoms with E-state index in [4.69, 9.17) is 0 Å². The summed E-state index contributed by atoms with van der Waals surface area (Å²) < 4.78 is 0. The molecule has 4 rings (SSSR count). The van der Waals surface area contributed by atoms with Gasteiger partial charge < -0.3 is 21.3 Å². The van der Waals surface area contributed by atoms with Crippen LogP contribution in [-0.2, 0) is 9.59 Å². The van der Waals surface area contributed by atoms with Crippen molar-refractivity contribution in [3.8, 4) is 0 Å². The fourth-order valence-corrected chi connectivity index (χ4v) is 5.76. The van der Waals surface area contributed by atoms with Crippen LogP contribution in [-0.4, -0.2) is 34.8 Å². The Morgan fingerprint density at radius 1 is 0.425 bits per heavy atom. The number of benzene rings is 4. The zero-order chi connectivity index (χ0) is 27.8. The predicted molar refractivity (Wildman–Crippen MR) is 173 cm³/mol. The molecule has 0 saturated heterocycles. The number of thioether (sulfide) groups is 2. The maximum absolute atomic E-state index is 12.3. The standard InChI is InChI=1S/C32H34N4O2S2/c37-31(35-29-15-11-27(12-16-29)33-25-7-3-1-4-8-25)19-21-39-23-24-40-22-20-32(38)36-30-17-13-28(14-18-30)34-26-9-5-2-6-10-26/h1-18,33-34H,19-24H2,(H,35,37)(H,36,38). The minimum Gasteiger partial charge on any atom is -0.356 e. The molecule has 0 aliphatic rings. The molecule has 0 aromatic heterocycles. The van der Waals surface area contributed by atoms with E-state index < -0.39 is 0 Å². The third-order valence-corrected chi connectivity index (χ3v) is 8.01. The molecule has 0 atom stereocenters. The summed E-state index contributed by atoms with van der Waals surface area (Å²) in [6.45, 7) is 0. The summed E-state index contributed by atoms with van der Waals surface area (Å²) in [7, 11) is 0. The molecule has 8 heteroatoms. The van der Waals surface area contributed by atoms with Gasteiger partial charge in [-0.2, -0.15) is 23.5 Å². The van der Waals surface area contributed by atoms with Crippen molar-refractivity contribution >= 4 is 69.5 Å². The third-order valence-electron chi connectivity index (χ3n) is 5.78. The van der Waals surface area contributed by atoms with E-state index in [-0.39, 0.29) is 11.8 Å². The van der Waals surface area contributed by atoms with Crippen molar-refractivity contribution in [2.45, 2.75) is 12.8 Å². The number of hydrogen-bond acceptors (Lipinski definition) is 6. The van der Waals surface area contributed by atoms with Crippen molar-refractivity contribution in [2.75, 3.05) is 44.3 Å². The molecule has 0 heterocycles. The summed E-state index contributed by atoms with van der Waals surface area (Å²) in [6.07, 6.45) is 0.947. The lowest BCUT2D eigenvalue weighted by molar-refractivity contribution is -0.116. The number of amides is 2. The molecule has 40 heavy (non-hydrogen) atoms. The Hall–Kier alpha value is -3.88. The molecule has 4 aromatic rings.